The molecule has 1 N–H and O–H groups in total. The number of benzene rings is 1. The van der Waals surface area contributed by atoms with E-state index in [-0.39, 0.29) is 18.9 Å². The number of hydrogen-bond acceptors (Lipinski definition) is 5. The predicted molar refractivity (Wildman–Crippen MR) is 109 cm³/mol. The Kier molecular flexibility index (Phi) is 6.79. The Balaban J connectivity index is 1.74. The first-order chi connectivity index (χ1) is 15.7. The lowest BCUT2D eigenvalue weighted by atomic mass is 9.73. The van der Waals surface area contributed by atoms with Gasteiger partial charge in [-0.1, -0.05) is 0 Å². The van der Waals surface area contributed by atoms with Crippen LogP contribution in [0.4, 0.5) is 30.7 Å². The van der Waals surface area contributed by atoms with Gasteiger partial charge < -0.3 is 0 Å². The number of nitrogens with zero attached hydrogens (tertiary/aromatic N) is 1. The Morgan fingerprint density at radius 3 is 1.97 bits per heavy atom. The molecule has 1 aliphatic rings. The van der Waals surface area contributed by atoms with Gasteiger partial charge in [0.1, 0.15) is 16.4 Å². The summed E-state index contributed by atoms with van der Waals surface area (Å²) in [5.41, 5.74) is -2.74. The number of pyridine rings is 1. The van der Waals surface area contributed by atoms with Gasteiger partial charge in [0.25, 0.3) is 0 Å². The molecule has 0 amide bonds. The molecule has 0 aliphatic heterocycles. The monoisotopic (exact) mass is 548 g/mol. The highest BCUT2D eigenvalue weighted by molar-refractivity contribution is 7.92. The molecule has 0 atom stereocenters. The molecule has 0 radical (unpaired) electrons. The van der Waals surface area contributed by atoms with Crippen LogP contribution in [-0.2, 0) is 32.2 Å². The molecule has 2 aromatic rings. The maximum Gasteiger partial charge on any atom is 0.433 e. The summed E-state index contributed by atoms with van der Waals surface area (Å²) in [6.45, 7) is 2.49. The lowest BCUT2D eigenvalue weighted by molar-refractivity contribution is -0.141. The van der Waals surface area contributed by atoms with Crippen molar-refractivity contribution >= 4 is 19.9 Å². The SMILES string of the molecule is CC(C)(C1CC(NS(=O)(=O)c2ccc(C(F)(F)F)nc2)C1)S(=O)(=O)c1cc(F)cc(C(F)(F)F)c1. The summed E-state index contributed by atoms with van der Waals surface area (Å²) in [6, 6.07) is 1.46. The Morgan fingerprint density at radius 2 is 1.49 bits per heavy atom. The van der Waals surface area contributed by atoms with E-state index in [1.165, 1.54) is 13.8 Å². The summed E-state index contributed by atoms with van der Waals surface area (Å²) in [7, 11) is -8.75. The number of rotatable bonds is 6. The smallest absolute Gasteiger partial charge is 0.250 e. The molecule has 1 aromatic carbocycles. The number of sulfonamides is 1. The average molecular weight is 549 g/mol. The molecule has 1 heterocycles. The van der Waals surface area contributed by atoms with Gasteiger partial charge in [-0.15, -0.1) is 0 Å². The van der Waals surface area contributed by atoms with Gasteiger partial charge in [0.2, 0.25) is 10.0 Å². The van der Waals surface area contributed by atoms with Crippen LogP contribution in [0.3, 0.4) is 0 Å². The van der Waals surface area contributed by atoms with Gasteiger partial charge in [0.05, 0.1) is 15.2 Å². The molecule has 0 bridgehead atoms. The second-order valence-electron chi connectivity index (χ2n) is 8.64. The number of sulfone groups is 1. The molecule has 0 spiro atoms. The maximum atomic E-state index is 13.8. The fourth-order valence-corrected chi connectivity index (χ4v) is 6.68. The van der Waals surface area contributed by atoms with Crippen LogP contribution in [0.25, 0.3) is 0 Å². The third-order valence-corrected chi connectivity index (χ3v) is 10.1. The zero-order valence-corrected chi connectivity index (χ0v) is 19.7. The standard InChI is InChI=1S/C20H19F7N2O4S2/c1-18(2,34(30,31)16-8-12(19(22,23)24)5-13(21)9-16)11-6-14(7-11)29-35(32,33)15-3-4-17(28-10-15)20(25,26)27/h3-5,8-11,14,29H,6-7H2,1-2H3. The molecule has 3 rings (SSSR count). The minimum atomic E-state index is -4.97. The topological polar surface area (TPSA) is 93.2 Å². The molecule has 194 valence electrons. The van der Waals surface area contributed by atoms with Crippen LogP contribution in [0, 0.1) is 11.7 Å². The molecule has 0 saturated heterocycles. The maximum absolute atomic E-state index is 13.8. The van der Waals surface area contributed by atoms with Gasteiger partial charge in [0.15, 0.2) is 9.84 Å². The van der Waals surface area contributed by atoms with E-state index in [0.29, 0.717) is 24.4 Å². The zero-order valence-electron chi connectivity index (χ0n) is 18.1. The minimum Gasteiger partial charge on any atom is -0.250 e. The third kappa shape index (κ3) is 5.45. The van der Waals surface area contributed by atoms with Gasteiger partial charge in [-0.05, 0) is 62.9 Å². The first-order valence-electron chi connectivity index (χ1n) is 9.93. The van der Waals surface area contributed by atoms with Crippen molar-refractivity contribution in [3.63, 3.8) is 0 Å². The highest BCUT2D eigenvalue weighted by atomic mass is 32.2. The summed E-state index contributed by atoms with van der Waals surface area (Å²) in [6.07, 6.45) is -9.24. The van der Waals surface area contributed by atoms with Crippen molar-refractivity contribution < 1.29 is 47.6 Å². The number of nitrogens with one attached hydrogen (secondary N) is 1. The summed E-state index contributed by atoms with van der Waals surface area (Å²) in [4.78, 5) is 1.71. The van der Waals surface area contributed by atoms with Crippen LogP contribution >= 0.6 is 0 Å². The van der Waals surface area contributed by atoms with Crippen molar-refractivity contribution in [1.29, 1.82) is 0 Å². The summed E-state index contributed by atoms with van der Waals surface area (Å²) >= 11 is 0. The zero-order chi connectivity index (χ0) is 26.6. The second kappa shape index (κ2) is 8.69. The fraction of sp³-hybridized carbons (Fsp3) is 0.450. The number of alkyl halides is 6. The molecule has 1 fully saturated rings. The first kappa shape index (κ1) is 27.3. The summed E-state index contributed by atoms with van der Waals surface area (Å²) in [5, 5.41) is 0. The van der Waals surface area contributed by atoms with Crippen LogP contribution in [0.1, 0.15) is 37.9 Å². The van der Waals surface area contributed by atoms with E-state index in [4.69, 9.17) is 0 Å². The van der Waals surface area contributed by atoms with Gasteiger partial charge in [-0.2, -0.15) is 26.3 Å². The van der Waals surface area contributed by atoms with Crippen LogP contribution in [0.5, 0.6) is 0 Å². The van der Waals surface area contributed by atoms with E-state index in [0.717, 1.165) is 6.07 Å². The molecule has 1 aromatic heterocycles. The van der Waals surface area contributed by atoms with Gasteiger partial charge in [-0.3, -0.25) is 4.98 Å². The van der Waals surface area contributed by atoms with E-state index < -0.39 is 75.8 Å². The normalized spacial score (nSPS) is 19.9. The Bertz CT molecular complexity index is 1310. The fourth-order valence-electron chi connectivity index (χ4n) is 3.68. The first-order valence-corrected chi connectivity index (χ1v) is 12.9. The van der Waals surface area contributed by atoms with E-state index in [1.807, 2.05) is 0 Å². The highest BCUT2D eigenvalue weighted by Gasteiger charge is 2.50. The number of aromatic nitrogens is 1. The molecular formula is C20H19F7N2O4S2. The van der Waals surface area contributed by atoms with Crippen molar-refractivity contribution in [3.8, 4) is 0 Å². The molecular weight excluding hydrogens is 529 g/mol. The van der Waals surface area contributed by atoms with Gasteiger partial charge in [-0.25, -0.2) is 25.9 Å². The van der Waals surface area contributed by atoms with E-state index >= 15 is 0 Å². The van der Waals surface area contributed by atoms with Crippen molar-refractivity contribution in [1.82, 2.24) is 9.71 Å². The highest BCUT2D eigenvalue weighted by Crippen LogP contribution is 2.44. The lowest BCUT2D eigenvalue weighted by Gasteiger charge is -2.44. The largest absolute Gasteiger partial charge is 0.433 e. The summed E-state index contributed by atoms with van der Waals surface area (Å²) < 4.78 is 142. The molecule has 1 aliphatic carbocycles. The quantitative estimate of drug-likeness (QED) is 0.534. The predicted octanol–water partition coefficient (Wildman–Crippen LogP) is 4.57. The van der Waals surface area contributed by atoms with Crippen LogP contribution in [0.2, 0.25) is 0 Å². The molecule has 15 heteroatoms. The Morgan fingerprint density at radius 1 is 0.886 bits per heavy atom. The lowest BCUT2D eigenvalue weighted by Crippen LogP contribution is -2.53. The summed E-state index contributed by atoms with van der Waals surface area (Å²) in [5.74, 6) is -2.08. The Labute approximate surface area is 196 Å². The molecule has 6 nitrogen and oxygen atoms in total. The van der Waals surface area contributed by atoms with Gasteiger partial charge >= 0.3 is 12.4 Å². The van der Waals surface area contributed by atoms with Crippen molar-refractivity contribution in [2.45, 2.75) is 59.6 Å². The van der Waals surface area contributed by atoms with Crippen LogP contribution < -0.4 is 4.72 Å². The van der Waals surface area contributed by atoms with Crippen molar-refractivity contribution in [3.05, 3.63) is 53.6 Å². The van der Waals surface area contributed by atoms with Crippen LogP contribution in [0.15, 0.2) is 46.3 Å². The van der Waals surface area contributed by atoms with Crippen molar-refractivity contribution in [2.24, 2.45) is 5.92 Å². The average Bonchev–Trinajstić information content (AvgIpc) is 2.68. The minimum absolute atomic E-state index is 0.0268. The van der Waals surface area contributed by atoms with E-state index in [1.54, 1.807) is 0 Å². The Hall–Kier alpha value is -2.26. The van der Waals surface area contributed by atoms with E-state index in [9.17, 15) is 47.6 Å². The molecule has 0 unspecified atom stereocenters. The van der Waals surface area contributed by atoms with Crippen LogP contribution in [-0.4, -0.2) is 32.6 Å². The van der Waals surface area contributed by atoms with E-state index in [2.05, 4.69) is 9.71 Å². The molecule has 35 heavy (non-hydrogen) atoms. The van der Waals surface area contributed by atoms with Gasteiger partial charge in [0, 0.05) is 12.2 Å². The molecule has 1 saturated carbocycles. The number of hydrogen-bond donors (Lipinski definition) is 1. The second-order valence-corrected chi connectivity index (χ2v) is 12.9. The van der Waals surface area contributed by atoms with Crippen molar-refractivity contribution in [2.75, 3.05) is 0 Å². The number of halogens is 7. The third-order valence-electron chi connectivity index (χ3n) is 5.98.